The van der Waals surface area contributed by atoms with Gasteiger partial charge in [-0.2, -0.15) is 0 Å². The summed E-state index contributed by atoms with van der Waals surface area (Å²) in [6.07, 6.45) is 2.66. The molecular weight excluding hydrogens is 228 g/mol. The van der Waals surface area contributed by atoms with Crippen LogP contribution in [0.1, 0.15) is 19.8 Å². The first-order chi connectivity index (χ1) is 8.72. The van der Waals surface area contributed by atoms with Crippen molar-refractivity contribution in [1.82, 2.24) is 0 Å². The van der Waals surface area contributed by atoms with Gasteiger partial charge in [0.1, 0.15) is 5.75 Å². The first-order valence-electron chi connectivity index (χ1n) is 6.54. The van der Waals surface area contributed by atoms with Crippen LogP contribution in [0.5, 0.6) is 5.75 Å². The Morgan fingerprint density at radius 3 is 2.89 bits per heavy atom. The van der Waals surface area contributed by atoms with Gasteiger partial charge < -0.3 is 20.1 Å². The van der Waals surface area contributed by atoms with Crippen LogP contribution in [0, 0.1) is 0 Å². The fraction of sp³-hybridized carbons (Fsp3) is 0.571. The van der Waals surface area contributed by atoms with Gasteiger partial charge in [0.15, 0.2) is 0 Å². The molecule has 0 spiro atoms. The second-order valence-corrected chi connectivity index (χ2v) is 4.64. The second kappa shape index (κ2) is 5.96. The van der Waals surface area contributed by atoms with Crippen LogP contribution >= 0.6 is 0 Å². The van der Waals surface area contributed by atoms with E-state index in [4.69, 9.17) is 15.2 Å². The highest BCUT2D eigenvalue weighted by Gasteiger charge is 2.19. The van der Waals surface area contributed by atoms with Crippen LogP contribution in [-0.4, -0.2) is 32.9 Å². The Morgan fingerprint density at radius 1 is 1.44 bits per heavy atom. The fourth-order valence-electron chi connectivity index (χ4n) is 2.36. The lowest BCUT2D eigenvalue weighted by Crippen LogP contribution is -2.32. The number of hydrogen-bond donors (Lipinski definition) is 1. The average Bonchev–Trinajstić information content (AvgIpc) is 2.88. The third kappa shape index (κ3) is 3.07. The minimum atomic E-state index is 0.345. The summed E-state index contributed by atoms with van der Waals surface area (Å²) in [4.78, 5) is 2.29. The Bertz CT molecular complexity index is 389. The Hall–Kier alpha value is -1.42. The van der Waals surface area contributed by atoms with Gasteiger partial charge in [-0.1, -0.05) is 0 Å². The molecule has 0 bridgehead atoms. The molecule has 1 aliphatic heterocycles. The topological polar surface area (TPSA) is 47.7 Å². The van der Waals surface area contributed by atoms with Crippen molar-refractivity contribution in [1.29, 1.82) is 0 Å². The summed E-state index contributed by atoms with van der Waals surface area (Å²) in [5.41, 5.74) is 7.73. The third-order valence-electron chi connectivity index (χ3n) is 3.34. The van der Waals surface area contributed by atoms with E-state index >= 15 is 0 Å². The van der Waals surface area contributed by atoms with Gasteiger partial charge in [0, 0.05) is 43.2 Å². The molecule has 1 saturated heterocycles. The van der Waals surface area contributed by atoms with E-state index in [0.717, 1.165) is 43.2 Å². The second-order valence-electron chi connectivity index (χ2n) is 4.64. The van der Waals surface area contributed by atoms with Crippen LogP contribution in [0.4, 0.5) is 11.4 Å². The van der Waals surface area contributed by atoms with E-state index in [0.29, 0.717) is 6.10 Å². The Morgan fingerprint density at radius 2 is 2.28 bits per heavy atom. The minimum absolute atomic E-state index is 0.345. The Kier molecular flexibility index (Phi) is 4.31. The molecule has 1 aliphatic rings. The van der Waals surface area contributed by atoms with Crippen LogP contribution in [0.15, 0.2) is 18.2 Å². The molecular formula is C14H22N2O2. The predicted molar refractivity (Wildman–Crippen MR) is 74.3 cm³/mol. The number of benzene rings is 1. The maximum absolute atomic E-state index is 5.90. The van der Waals surface area contributed by atoms with Crippen molar-refractivity contribution in [2.24, 2.45) is 0 Å². The van der Waals surface area contributed by atoms with Gasteiger partial charge in [0.2, 0.25) is 0 Å². The first kappa shape index (κ1) is 13.0. The number of rotatable bonds is 5. The van der Waals surface area contributed by atoms with Gasteiger partial charge in [-0.3, -0.25) is 0 Å². The molecule has 1 unspecified atom stereocenters. The summed E-state index contributed by atoms with van der Waals surface area (Å²) < 4.78 is 11.0. The van der Waals surface area contributed by atoms with Gasteiger partial charge in [0.05, 0.1) is 13.2 Å². The van der Waals surface area contributed by atoms with E-state index in [1.54, 1.807) is 7.11 Å². The van der Waals surface area contributed by atoms with Crippen molar-refractivity contribution >= 4 is 11.4 Å². The van der Waals surface area contributed by atoms with Crippen molar-refractivity contribution in [2.45, 2.75) is 25.9 Å². The molecule has 2 rings (SSSR count). The fourth-order valence-corrected chi connectivity index (χ4v) is 2.36. The van der Waals surface area contributed by atoms with Gasteiger partial charge in [-0.15, -0.1) is 0 Å². The highest BCUT2D eigenvalue weighted by molar-refractivity contribution is 5.60. The maximum Gasteiger partial charge on any atom is 0.122 e. The molecule has 1 fully saturated rings. The molecule has 4 nitrogen and oxygen atoms in total. The van der Waals surface area contributed by atoms with E-state index < -0.39 is 0 Å². The van der Waals surface area contributed by atoms with Crippen LogP contribution in [0.25, 0.3) is 0 Å². The van der Waals surface area contributed by atoms with E-state index in [1.807, 2.05) is 18.2 Å². The van der Waals surface area contributed by atoms with Gasteiger partial charge in [-0.05, 0) is 25.8 Å². The summed E-state index contributed by atoms with van der Waals surface area (Å²) in [7, 11) is 1.66. The summed E-state index contributed by atoms with van der Waals surface area (Å²) in [6, 6.07) is 5.85. The highest BCUT2D eigenvalue weighted by atomic mass is 16.5. The molecule has 2 N–H and O–H groups in total. The van der Waals surface area contributed by atoms with E-state index in [1.165, 1.54) is 6.42 Å². The zero-order valence-corrected chi connectivity index (χ0v) is 11.2. The predicted octanol–water partition coefficient (Wildman–Crippen LogP) is 2.28. The number of methoxy groups -OCH3 is 1. The molecule has 18 heavy (non-hydrogen) atoms. The number of nitrogen functional groups attached to an aromatic ring is 1. The summed E-state index contributed by atoms with van der Waals surface area (Å²) in [5, 5.41) is 0. The lowest BCUT2D eigenvalue weighted by molar-refractivity contribution is 0.115. The highest BCUT2D eigenvalue weighted by Crippen LogP contribution is 2.26. The number of likely N-dealkylation sites (N-methyl/N-ethyl adjacent to an activating group) is 1. The van der Waals surface area contributed by atoms with E-state index in [9.17, 15) is 0 Å². The summed E-state index contributed by atoms with van der Waals surface area (Å²) in [5.74, 6) is 0.802. The smallest absolute Gasteiger partial charge is 0.122 e. The molecule has 1 heterocycles. The molecule has 1 aromatic carbocycles. The summed E-state index contributed by atoms with van der Waals surface area (Å²) >= 11 is 0. The molecule has 4 heteroatoms. The Balaban J connectivity index is 2.12. The van der Waals surface area contributed by atoms with Crippen molar-refractivity contribution in [3.8, 4) is 5.75 Å². The van der Waals surface area contributed by atoms with Crippen molar-refractivity contribution in [3.05, 3.63) is 18.2 Å². The van der Waals surface area contributed by atoms with Gasteiger partial charge >= 0.3 is 0 Å². The molecule has 1 aromatic rings. The average molecular weight is 250 g/mol. The number of anilines is 2. The molecule has 100 valence electrons. The standard InChI is InChI=1S/C14H22N2O2/c1-3-16(10-13-5-4-6-18-13)12-7-11(15)8-14(9-12)17-2/h7-9,13H,3-6,10,15H2,1-2H3. The quantitative estimate of drug-likeness (QED) is 0.814. The van der Waals surface area contributed by atoms with Crippen LogP contribution in [0.2, 0.25) is 0 Å². The monoisotopic (exact) mass is 250 g/mol. The lowest BCUT2D eigenvalue weighted by atomic mass is 10.2. The van der Waals surface area contributed by atoms with Crippen LogP contribution in [-0.2, 0) is 4.74 Å². The van der Waals surface area contributed by atoms with Crippen LogP contribution < -0.4 is 15.4 Å². The minimum Gasteiger partial charge on any atom is -0.497 e. The SMILES string of the molecule is CCN(CC1CCCO1)c1cc(N)cc(OC)c1. The molecule has 0 saturated carbocycles. The van der Waals surface area contributed by atoms with Crippen LogP contribution in [0.3, 0.4) is 0 Å². The van der Waals surface area contributed by atoms with E-state index in [-0.39, 0.29) is 0 Å². The normalized spacial score (nSPS) is 18.9. The number of nitrogens with two attached hydrogens (primary N) is 1. The maximum atomic E-state index is 5.90. The van der Waals surface area contributed by atoms with Crippen molar-refractivity contribution < 1.29 is 9.47 Å². The van der Waals surface area contributed by atoms with Gasteiger partial charge in [-0.25, -0.2) is 0 Å². The zero-order chi connectivity index (χ0) is 13.0. The number of hydrogen-bond acceptors (Lipinski definition) is 4. The summed E-state index contributed by atoms with van der Waals surface area (Å²) in [6.45, 7) is 4.89. The Labute approximate surface area is 109 Å². The molecule has 0 amide bonds. The number of nitrogens with zero attached hydrogens (tertiary/aromatic N) is 1. The number of ether oxygens (including phenoxy) is 2. The zero-order valence-electron chi connectivity index (χ0n) is 11.2. The third-order valence-corrected chi connectivity index (χ3v) is 3.34. The van der Waals surface area contributed by atoms with Crippen molar-refractivity contribution in [3.63, 3.8) is 0 Å². The van der Waals surface area contributed by atoms with E-state index in [2.05, 4.69) is 11.8 Å². The molecule has 0 radical (unpaired) electrons. The largest absolute Gasteiger partial charge is 0.497 e. The molecule has 0 aliphatic carbocycles. The first-order valence-corrected chi connectivity index (χ1v) is 6.54. The molecule has 1 atom stereocenters. The van der Waals surface area contributed by atoms with Gasteiger partial charge in [0.25, 0.3) is 0 Å². The van der Waals surface area contributed by atoms with Crippen molar-refractivity contribution in [2.75, 3.05) is 37.4 Å². The lowest BCUT2D eigenvalue weighted by Gasteiger charge is -2.26. The molecule has 0 aromatic heterocycles.